The Kier molecular flexibility index (Phi) is 1.59. The largest absolute Gasteiger partial charge is 0.185 e. The van der Waals surface area contributed by atoms with Gasteiger partial charge in [0, 0.05) is 0 Å². The fourth-order valence-electron chi connectivity index (χ4n) is 0.305. The number of hydrogen-bond donors (Lipinski definition) is 0. The van der Waals surface area contributed by atoms with Crippen LogP contribution in [0.3, 0.4) is 0 Å². The smallest absolute Gasteiger partial charge is 0.169 e. The summed E-state index contributed by atoms with van der Waals surface area (Å²) in [7, 11) is 0. The first-order valence-corrected chi connectivity index (χ1v) is 2.79. The van der Waals surface area contributed by atoms with Gasteiger partial charge in [-0.3, -0.25) is 0 Å². The van der Waals surface area contributed by atoms with Gasteiger partial charge in [-0.25, -0.2) is 0 Å². The Labute approximate surface area is 50.3 Å². The van der Waals surface area contributed by atoms with Crippen molar-refractivity contribution in [1.29, 1.82) is 5.26 Å². The van der Waals surface area contributed by atoms with Gasteiger partial charge in [-0.05, 0) is 17.0 Å². The van der Waals surface area contributed by atoms with Gasteiger partial charge in [0.2, 0.25) is 0 Å². The van der Waals surface area contributed by atoms with Crippen LogP contribution >= 0.6 is 11.8 Å². The van der Waals surface area contributed by atoms with Gasteiger partial charge >= 0.3 is 0 Å². The molecule has 40 valence electrons. The summed E-state index contributed by atoms with van der Waals surface area (Å²) in [6, 6.07) is 0. The lowest BCUT2D eigenvalue weighted by Crippen LogP contribution is -1.91. The summed E-state index contributed by atoms with van der Waals surface area (Å²) in [5.74, 6) is 0. The van der Waals surface area contributed by atoms with Crippen molar-refractivity contribution in [2.24, 2.45) is 15.4 Å². The van der Waals surface area contributed by atoms with E-state index in [1.54, 1.807) is 0 Å². The SMILES string of the molecule is N#CSC1C=NN=N1. The Balaban J connectivity index is 2.41. The topological polar surface area (TPSA) is 60.9 Å². The van der Waals surface area contributed by atoms with Crippen molar-refractivity contribution in [3.05, 3.63) is 0 Å². The summed E-state index contributed by atoms with van der Waals surface area (Å²) in [4.78, 5) is 0. The second-order valence-corrected chi connectivity index (χ2v) is 1.97. The maximum atomic E-state index is 8.08. The molecule has 0 spiro atoms. The van der Waals surface area contributed by atoms with Crippen LogP contribution in [-0.4, -0.2) is 11.6 Å². The number of nitrogens with zero attached hydrogens (tertiary/aromatic N) is 4. The van der Waals surface area contributed by atoms with E-state index in [9.17, 15) is 0 Å². The standard InChI is InChI=1S/C3H2N4S/c4-2-8-3-1-5-7-6-3/h1,3H. The van der Waals surface area contributed by atoms with E-state index in [1.807, 2.05) is 5.40 Å². The lowest BCUT2D eigenvalue weighted by atomic mass is 10.8. The number of rotatable bonds is 1. The fourth-order valence-corrected chi connectivity index (χ4v) is 0.618. The molecule has 0 fully saturated rings. The molecule has 1 heterocycles. The molecule has 1 atom stereocenters. The van der Waals surface area contributed by atoms with Crippen molar-refractivity contribution in [1.82, 2.24) is 0 Å². The normalized spacial score (nSPS) is 23.6. The molecule has 0 bridgehead atoms. The van der Waals surface area contributed by atoms with Crippen molar-refractivity contribution >= 4 is 18.0 Å². The van der Waals surface area contributed by atoms with E-state index in [4.69, 9.17) is 5.26 Å². The first-order chi connectivity index (χ1) is 3.93. The third-order valence-corrected chi connectivity index (χ3v) is 1.15. The molecule has 0 saturated carbocycles. The van der Waals surface area contributed by atoms with E-state index in [-0.39, 0.29) is 5.37 Å². The van der Waals surface area contributed by atoms with Gasteiger partial charge in [-0.15, -0.1) is 10.2 Å². The third-order valence-electron chi connectivity index (χ3n) is 0.585. The number of nitriles is 1. The van der Waals surface area contributed by atoms with Gasteiger partial charge in [0.05, 0.1) is 6.21 Å². The van der Waals surface area contributed by atoms with Gasteiger partial charge < -0.3 is 0 Å². The lowest BCUT2D eigenvalue weighted by molar-refractivity contribution is 1.03. The van der Waals surface area contributed by atoms with Crippen molar-refractivity contribution in [3.8, 4) is 5.40 Å². The van der Waals surface area contributed by atoms with Crippen LogP contribution in [0.1, 0.15) is 0 Å². The molecule has 4 nitrogen and oxygen atoms in total. The van der Waals surface area contributed by atoms with Crippen molar-refractivity contribution in [2.45, 2.75) is 5.37 Å². The summed E-state index contributed by atoms with van der Waals surface area (Å²) in [6.07, 6.45) is 1.52. The Morgan fingerprint density at radius 3 is 3.12 bits per heavy atom. The van der Waals surface area contributed by atoms with Crippen LogP contribution in [0.2, 0.25) is 0 Å². The molecule has 0 aromatic heterocycles. The molecule has 0 aromatic carbocycles. The highest BCUT2D eigenvalue weighted by molar-refractivity contribution is 8.04. The van der Waals surface area contributed by atoms with Crippen LogP contribution in [0.5, 0.6) is 0 Å². The molecule has 0 aliphatic carbocycles. The predicted octanol–water partition coefficient (Wildman–Crippen LogP) is 0.978. The molecule has 0 radical (unpaired) electrons. The van der Waals surface area contributed by atoms with E-state index in [0.29, 0.717) is 0 Å². The molecule has 0 aromatic rings. The van der Waals surface area contributed by atoms with Crippen LogP contribution < -0.4 is 0 Å². The Hall–Kier alpha value is -0.890. The number of hydrogen-bond acceptors (Lipinski definition) is 5. The van der Waals surface area contributed by atoms with Crippen molar-refractivity contribution < 1.29 is 0 Å². The quantitative estimate of drug-likeness (QED) is 0.491. The van der Waals surface area contributed by atoms with Crippen LogP contribution in [-0.2, 0) is 0 Å². The van der Waals surface area contributed by atoms with Crippen LogP contribution in [0.4, 0.5) is 0 Å². The summed E-state index contributed by atoms with van der Waals surface area (Å²) >= 11 is 1.03. The Morgan fingerprint density at radius 1 is 1.75 bits per heavy atom. The second kappa shape index (κ2) is 2.43. The Bertz CT molecular complexity index is 155. The van der Waals surface area contributed by atoms with Gasteiger partial charge in [0.25, 0.3) is 0 Å². The second-order valence-electron chi connectivity index (χ2n) is 1.07. The molecule has 5 heteroatoms. The molecule has 1 aliphatic rings. The van der Waals surface area contributed by atoms with Gasteiger partial charge in [0.15, 0.2) is 5.37 Å². The zero-order chi connectivity index (χ0) is 5.82. The fraction of sp³-hybridized carbons (Fsp3) is 0.333. The van der Waals surface area contributed by atoms with Crippen LogP contribution in [0, 0.1) is 10.7 Å². The summed E-state index contributed by atoms with van der Waals surface area (Å²) in [6.45, 7) is 0. The number of thiocyanates is 1. The summed E-state index contributed by atoms with van der Waals surface area (Å²) in [5.41, 5.74) is 0. The average Bonchev–Trinajstić information content (AvgIpc) is 2.19. The van der Waals surface area contributed by atoms with Gasteiger partial charge in [-0.2, -0.15) is 5.26 Å². The van der Waals surface area contributed by atoms with E-state index in [0.717, 1.165) is 11.8 Å². The molecular weight excluding hydrogens is 124 g/mol. The third kappa shape index (κ3) is 1.04. The molecule has 8 heavy (non-hydrogen) atoms. The highest BCUT2D eigenvalue weighted by Crippen LogP contribution is 2.11. The summed E-state index contributed by atoms with van der Waals surface area (Å²) in [5, 5.41) is 20.1. The summed E-state index contributed by atoms with van der Waals surface area (Å²) < 4.78 is 0. The minimum Gasteiger partial charge on any atom is -0.185 e. The van der Waals surface area contributed by atoms with Crippen molar-refractivity contribution in [3.63, 3.8) is 0 Å². The molecule has 0 saturated heterocycles. The minimum absolute atomic E-state index is 0.167. The zero-order valence-electron chi connectivity index (χ0n) is 3.85. The first-order valence-electron chi connectivity index (χ1n) is 1.91. The van der Waals surface area contributed by atoms with E-state index in [1.165, 1.54) is 6.21 Å². The Morgan fingerprint density at radius 2 is 2.62 bits per heavy atom. The predicted molar refractivity (Wildman–Crippen MR) is 30.3 cm³/mol. The van der Waals surface area contributed by atoms with E-state index in [2.05, 4.69) is 15.4 Å². The van der Waals surface area contributed by atoms with Crippen molar-refractivity contribution in [2.75, 3.05) is 0 Å². The van der Waals surface area contributed by atoms with Crippen LogP contribution in [0.25, 0.3) is 0 Å². The molecule has 0 N–H and O–H groups in total. The molecule has 1 rings (SSSR count). The lowest BCUT2D eigenvalue weighted by Gasteiger charge is -1.85. The average molecular weight is 126 g/mol. The molecule has 0 amide bonds. The highest BCUT2D eigenvalue weighted by atomic mass is 32.2. The molecular formula is C3H2N4S. The maximum absolute atomic E-state index is 8.08. The van der Waals surface area contributed by atoms with E-state index < -0.39 is 0 Å². The number of thioether (sulfide) groups is 1. The highest BCUT2D eigenvalue weighted by Gasteiger charge is 2.05. The first kappa shape index (κ1) is 5.25. The maximum Gasteiger partial charge on any atom is 0.169 e. The van der Waals surface area contributed by atoms with Gasteiger partial charge in [-0.1, -0.05) is 0 Å². The monoisotopic (exact) mass is 126 g/mol. The molecule has 1 unspecified atom stereocenters. The minimum atomic E-state index is -0.167. The van der Waals surface area contributed by atoms with Crippen LogP contribution in [0.15, 0.2) is 15.4 Å². The molecule has 1 aliphatic heterocycles. The van der Waals surface area contributed by atoms with Gasteiger partial charge in [0.1, 0.15) is 5.40 Å². The van der Waals surface area contributed by atoms with E-state index >= 15 is 0 Å². The zero-order valence-corrected chi connectivity index (χ0v) is 4.67.